The summed E-state index contributed by atoms with van der Waals surface area (Å²) in [4.78, 5) is 46.5. The molecule has 3 aliphatic rings. The fraction of sp³-hybridized carbons (Fsp3) is 0.364. The Kier molecular flexibility index (Phi) is 8.00. The van der Waals surface area contributed by atoms with Crippen LogP contribution in [0.15, 0.2) is 84.9 Å². The Balaban J connectivity index is 0.925. The van der Waals surface area contributed by atoms with E-state index in [1.54, 1.807) is 0 Å². The number of amides is 3. The molecule has 0 spiro atoms. The highest BCUT2D eigenvalue weighted by Crippen LogP contribution is 2.24. The minimum atomic E-state index is 0.0402. The van der Waals surface area contributed by atoms with Gasteiger partial charge in [0.05, 0.1) is 0 Å². The summed E-state index contributed by atoms with van der Waals surface area (Å²) in [5.41, 5.74) is 2.12. The molecule has 3 aromatic carbocycles. The van der Waals surface area contributed by atoms with Gasteiger partial charge in [-0.2, -0.15) is 0 Å². The normalized spacial score (nSPS) is 18.6. The number of benzene rings is 3. The van der Waals surface area contributed by atoms with Crippen LogP contribution in [0.4, 0.5) is 0 Å². The number of piperidine rings is 1. The van der Waals surface area contributed by atoms with Crippen LogP contribution in [0.25, 0.3) is 0 Å². The second-order valence-corrected chi connectivity index (χ2v) is 11.1. The molecule has 6 rings (SSSR count). The van der Waals surface area contributed by atoms with Gasteiger partial charge in [0.15, 0.2) is 0 Å². The summed E-state index contributed by atoms with van der Waals surface area (Å²) in [7, 11) is 0. The third kappa shape index (κ3) is 6.12. The smallest absolute Gasteiger partial charge is 0.253 e. The van der Waals surface area contributed by atoms with Crippen LogP contribution < -0.4 is 4.74 Å². The van der Waals surface area contributed by atoms with Gasteiger partial charge < -0.3 is 19.4 Å². The minimum Gasteiger partial charge on any atom is -0.490 e. The zero-order valence-corrected chi connectivity index (χ0v) is 23.2. The van der Waals surface area contributed by atoms with Gasteiger partial charge in [0, 0.05) is 87.9 Å². The molecule has 3 heterocycles. The van der Waals surface area contributed by atoms with E-state index >= 15 is 0 Å². The lowest BCUT2D eigenvalue weighted by Gasteiger charge is -2.48. The molecule has 8 heteroatoms. The summed E-state index contributed by atoms with van der Waals surface area (Å²) in [5, 5.41) is 0. The van der Waals surface area contributed by atoms with Gasteiger partial charge in [-0.25, -0.2) is 0 Å². The maximum Gasteiger partial charge on any atom is 0.253 e. The SMILES string of the molecule is O=C(c1ccccc1)N1CCC(Oc2ccc(C(=O)N3CC(N4CCN(C(=O)c5ccccc5)CC4)C3)cc2)CC1. The summed E-state index contributed by atoms with van der Waals surface area (Å²) < 4.78 is 6.18. The summed E-state index contributed by atoms with van der Waals surface area (Å²) in [6.07, 6.45) is 1.61. The van der Waals surface area contributed by atoms with Crippen LogP contribution in [0.1, 0.15) is 43.9 Å². The van der Waals surface area contributed by atoms with E-state index in [4.69, 9.17) is 4.74 Å². The first-order chi connectivity index (χ1) is 20.0. The molecule has 3 aliphatic heterocycles. The van der Waals surface area contributed by atoms with E-state index < -0.39 is 0 Å². The second-order valence-electron chi connectivity index (χ2n) is 11.1. The highest BCUT2D eigenvalue weighted by molar-refractivity contribution is 5.95. The van der Waals surface area contributed by atoms with Crippen LogP contribution in [0.5, 0.6) is 5.75 Å². The quantitative estimate of drug-likeness (QED) is 0.467. The lowest BCUT2D eigenvalue weighted by Crippen LogP contribution is -2.64. The molecule has 0 saturated carbocycles. The standard InChI is InChI=1S/C33H36N4O4/c38-31(25-7-3-1-4-8-25)35-17-15-30(16-18-35)41-29-13-11-27(12-14-29)33(40)37-23-28(24-37)34-19-21-36(22-20-34)32(39)26-9-5-2-6-10-26/h1-14,28,30H,15-24H2. The van der Waals surface area contributed by atoms with Crippen LogP contribution in [-0.4, -0.2) is 102 Å². The molecule has 41 heavy (non-hydrogen) atoms. The van der Waals surface area contributed by atoms with Gasteiger partial charge in [-0.3, -0.25) is 19.3 Å². The van der Waals surface area contributed by atoms with Gasteiger partial charge in [-0.15, -0.1) is 0 Å². The zero-order valence-electron chi connectivity index (χ0n) is 23.2. The molecule has 0 radical (unpaired) electrons. The topological polar surface area (TPSA) is 73.4 Å². The molecule has 8 nitrogen and oxygen atoms in total. The predicted octanol–water partition coefficient (Wildman–Crippen LogP) is 3.65. The Labute approximate surface area is 241 Å². The lowest BCUT2D eigenvalue weighted by molar-refractivity contribution is 0.00853. The van der Waals surface area contributed by atoms with Crippen molar-refractivity contribution in [3.05, 3.63) is 102 Å². The highest BCUT2D eigenvalue weighted by Gasteiger charge is 2.37. The van der Waals surface area contributed by atoms with Gasteiger partial charge in [0.1, 0.15) is 11.9 Å². The third-order valence-corrected chi connectivity index (χ3v) is 8.44. The van der Waals surface area contributed by atoms with E-state index in [2.05, 4.69) is 4.90 Å². The summed E-state index contributed by atoms with van der Waals surface area (Å²) in [6, 6.07) is 26.6. The van der Waals surface area contributed by atoms with Crippen LogP contribution in [0.2, 0.25) is 0 Å². The van der Waals surface area contributed by atoms with E-state index in [9.17, 15) is 14.4 Å². The van der Waals surface area contributed by atoms with Gasteiger partial charge in [-0.05, 0) is 48.5 Å². The van der Waals surface area contributed by atoms with E-state index in [-0.39, 0.29) is 23.8 Å². The van der Waals surface area contributed by atoms with Gasteiger partial charge in [0.25, 0.3) is 17.7 Å². The molecule has 0 unspecified atom stereocenters. The van der Waals surface area contributed by atoms with Crippen molar-refractivity contribution in [2.45, 2.75) is 25.0 Å². The Hall–Kier alpha value is -4.17. The maximum absolute atomic E-state index is 13.0. The van der Waals surface area contributed by atoms with Crippen LogP contribution in [0.3, 0.4) is 0 Å². The van der Waals surface area contributed by atoms with Gasteiger partial charge in [0.2, 0.25) is 0 Å². The predicted molar refractivity (Wildman–Crippen MR) is 156 cm³/mol. The van der Waals surface area contributed by atoms with E-state index in [0.717, 1.165) is 42.8 Å². The molecule has 3 fully saturated rings. The van der Waals surface area contributed by atoms with Crippen molar-refractivity contribution in [2.75, 3.05) is 52.4 Å². The highest BCUT2D eigenvalue weighted by atomic mass is 16.5. The molecule has 212 valence electrons. The molecule has 0 atom stereocenters. The lowest BCUT2D eigenvalue weighted by atomic mass is 10.0. The monoisotopic (exact) mass is 552 g/mol. The maximum atomic E-state index is 13.0. The number of hydrogen-bond acceptors (Lipinski definition) is 5. The Morgan fingerprint density at radius 2 is 1.00 bits per heavy atom. The zero-order chi connectivity index (χ0) is 28.2. The molecule has 0 bridgehead atoms. The fourth-order valence-electron chi connectivity index (χ4n) is 5.90. The number of ether oxygens (including phenoxy) is 1. The molecular formula is C33H36N4O4. The third-order valence-electron chi connectivity index (χ3n) is 8.44. The largest absolute Gasteiger partial charge is 0.490 e. The number of nitrogens with zero attached hydrogens (tertiary/aromatic N) is 4. The molecular weight excluding hydrogens is 516 g/mol. The van der Waals surface area contributed by atoms with Crippen molar-refractivity contribution in [3.8, 4) is 5.75 Å². The number of carbonyl (C=O) groups excluding carboxylic acids is 3. The van der Waals surface area contributed by atoms with Gasteiger partial charge in [-0.1, -0.05) is 36.4 Å². The molecule has 3 saturated heterocycles. The Morgan fingerprint density at radius 3 is 1.54 bits per heavy atom. The second kappa shape index (κ2) is 12.1. The average Bonchev–Trinajstić information content (AvgIpc) is 3.01. The van der Waals surface area contributed by atoms with E-state index in [0.29, 0.717) is 50.9 Å². The number of rotatable bonds is 6. The van der Waals surface area contributed by atoms with Crippen molar-refractivity contribution in [1.29, 1.82) is 0 Å². The summed E-state index contributed by atoms with van der Waals surface area (Å²) in [6.45, 7) is 5.85. The minimum absolute atomic E-state index is 0.0402. The molecule has 3 amide bonds. The molecule has 0 aliphatic carbocycles. The van der Waals surface area contributed by atoms with Crippen molar-refractivity contribution < 1.29 is 19.1 Å². The number of likely N-dealkylation sites (tertiary alicyclic amines) is 2. The first kappa shape index (κ1) is 27.0. The Morgan fingerprint density at radius 1 is 0.537 bits per heavy atom. The molecule has 0 aromatic heterocycles. The summed E-state index contributed by atoms with van der Waals surface area (Å²) >= 11 is 0. The van der Waals surface area contributed by atoms with Crippen LogP contribution in [0, 0.1) is 0 Å². The van der Waals surface area contributed by atoms with Crippen molar-refractivity contribution in [1.82, 2.24) is 19.6 Å². The molecule has 3 aromatic rings. The first-order valence-corrected chi connectivity index (χ1v) is 14.5. The van der Waals surface area contributed by atoms with Crippen LogP contribution in [-0.2, 0) is 0 Å². The van der Waals surface area contributed by atoms with E-state index in [1.807, 2.05) is 99.6 Å². The Bertz CT molecular complexity index is 1340. The first-order valence-electron chi connectivity index (χ1n) is 14.5. The fourth-order valence-corrected chi connectivity index (χ4v) is 5.90. The molecule has 0 N–H and O–H groups in total. The summed E-state index contributed by atoms with van der Waals surface area (Å²) in [5.74, 6) is 0.949. The van der Waals surface area contributed by atoms with Gasteiger partial charge >= 0.3 is 0 Å². The van der Waals surface area contributed by atoms with Crippen molar-refractivity contribution in [2.24, 2.45) is 0 Å². The van der Waals surface area contributed by atoms with Crippen LogP contribution >= 0.6 is 0 Å². The van der Waals surface area contributed by atoms with Crippen molar-refractivity contribution >= 4 is 17.7 Å². The number of carbonyl (C=O) groups is 3. The average molecular weight is 553 g/mol. The van der Waals surface area contributed by atoms with E-state index in [1.165, 1.54) is 0 Å². The number of hydrogen-bond donors (Lipinski definition) is 0. The number of piperazine rings is 1. The van der Waals surface area contributed by atoms with Crippen molar-refractivity contribution in [3.63, 3.8) is 0 Å².